The molecule has 2 aromatic rings. The van der Waals surface area contributed by atoms with E-state index in [4.69, 9.17) is 4.99 Å². The second-order valence-electron chi connectivity index (χ2n) is 7.44. The number of anilines is 1. The van der Waals surface area contributed by atoms with E-state index in [1.54, 1.807) is 17.2 Å². The zero-order valence-electron chi connectivity index (χ0n) is 18.0. The first-order valence-electron chi connectivity index (χ1n) is 10.9. The number of aromatic nitrogens is 4. The molecule has 1 saturated heterocycles. The highest BCUT2D eigenvalue weighted by atomic mass is 15.3. The molecule has 0 amide bonds. The summed E-state index contributed by atoms with van der Waals surface area (Å²) in [5, 5.41) is 15.3. The van der Waals surface area contributed by atoms with Crippen LogP contribution in [0.15, 0.2) is 17.5 Å². The van der Waals surface area contributed by atoms with Crippen LogP contribution in [0.5, 0.6) is 0 Å². The van der Waals surface area contributed by atoms with Crippen LogP contribution in [0, 0.1) is 0 Å². The number of hydrogen-bond acceptors (Lipinski definition) is 6. The summed E-state index contributed by atoms with van der Waals surface area (Å²) in [6.45, 7) is 9.78. The van der Waals surface area contributed by atoms with Crippen molar-refractivity contribution in [2.24, 2.45) is 12.0 Å². The van der Waals surface area contributed by atoms with Gasteiger partial charge in [-0.2, -0.15) is 5.10 Å². The smallest absolute Gasteiger partial charge is 0.191 e. The fourth-order valence-electron chi connectivity index (χ4n) is 3.91. The minimum Gasteiger partial charge on any atom is -0.368 e. The predicted molar refractivity (Wildman–Crippen MR) is 118 cm³/mol. The molecule has 9 nitrogen and oxygen atoms in total. The van der Waals surface area contributed by atoms with Crippen molar-refractivity contribution in [3.8, 4) is 0 Å². The lowest BCUT2D eigenvalue weighted by Crippen LogP contribution is -2.42. The number of piperidine rings is 1. The maximum absolute atomic E-state index is 4.76. The van der Waals surface area contributed by atoms with E-state index in [0.717, 1.165) is 61.6 Å². The van der Waals surface area contributed by atoms with Gasteiger partial charge in [-0.15, -0.1) is 0 Å². The van der Waals surface area contributed by atoms with E-state index in [1.165, 1.54) is 32.2 Å². The van der Waals surface area contributed by atoms with Crippen molar-refractivity contribution in [3.05, 3.63) is 12.5 Å². The van der Waals surface area contributed by atoms with E-state index in [2.05, 4.69) is 49.8 Å². The number of guanidine groups is 1. The first-order chi connectivity index (χ1) is 14.2. The molecular weight excluding hydrogens is 366 g/mol. The molecule has 0 radical (unpaired) electrons. The maximum atomic E-state index is 4.76. The van der Waals surface area contributed by atoms with Gasteiger partial charge in [0.1, 0.15) is 12.1 Å². The molecule has 2 aromatic heterocycles. The van der Waals surface area contributed by atoms with Crippen LogP contribution in [0.2, 0.25) is 0 Å². The lowest BCUT2D eigenvalue weighted by molar-refractivity contribution is 0.148. The minimum atomic E-state index is 0.732. The van der Waals surface area contributed by atoms with Gasteiger partial charge in [0.25, 0.3) is 0 Å². The summed E-state index contributed by atoms with van der Waals surface area (Å²) in [6, 6.07) is 0.732. The van der Waals surface area contributed by atoms with Crippen LogP contribution in [0.1, 0.15) is 39.5 Å². The van der Waals surface area contributed by atoms with Gasteiger partial charge in [-0.05, 0) is 32.7 Å². The van der Waals surface area contributed by atoms with E-state index in [9.17, 15) is 0 Å². The van der Waals surface area contributed by atoms with Crippen molar-refractivity contribution < 1.29 is 0 Å². The first kappa shape index (κ1) is 21.3. The highest BCUT2D eigenvalue weighted by molar-refractivity contribution is 5.86. The molecule has 1 aliphatic rings. The standard InChI is InChI=1S/C20H35N9/c1-4-16-8-6-7-12-29(16)13-11-24-20(21-5-2)23-10-9-22-18-17-14-27-28(3)19(17)26-15-25-18/h14-16H,4-13H2,1-3H3,(H2,21,23,24)(H,22,25,26). The third kappa shape index (κ3) is 5.79. The van der Waals surface area contributed by atoms with Gasteiger partial charge in [-0.3, -0.25) is 14.6 Å². The highest BCUT2D eigenvalue weighted by Crippen LogP contribution is 2.19. The van der Waals surface area contributed by atoms with Crippen LogP contribution in [0.4, 0.5) is 5.82 Å². The van der Waals surface area contributed by atoms with Crippen molar-refractivity contribution in [2.75, 3.05) is 44.6 Å². The SMILES string of the molecule is CCNC(=NCCN1CCCCC1CC)NCCNc1ncnc2c1cnn2C. The summed E-state index contributed by atoms with van der Waals surface area (Å²) in [5.41, 5.74) is 0.827. The van der Waals surface area contributed by atoms with Crippen LogP contribution >= 0.6 is 0 Å². The molecule has 3 heterocycles. The Bertz CT molecular complexity index is 785. The van der Waals surface area contributed by atoms with E-state index < -0.39 is 0 Å². The van der Waals surface area contributed by atoms with Crippen molar-refractivity contribution >= 4 is 22.8 Å². The number of nitrogens with one attached hydrogen (secondary N) is 3. The Kier molecular flexibility index (Phi) is 8.03. The molecule has 1 atom stereocenters. The maximum Gasteiger partial charge on any atom is 0.191 e. The summed E-state index contributed by atoms with van der Waals surface area (Å²) in [7, 11) is 1.88. The lowest BCUT2D eigenvalue weighted by Gasteiger charge is -2.34. The molecule has 1 fully saturated rings. The van der Waals surface area contributed by atoms with Crippen molar-refractivity contribution in [1.82, 2.24) is 35.3 Å². The van der Waals surface area contributed by atoms with Gasteiger partial charge in [0, 0.05) is 39.3 Å². The Morgan fingerprint density at radius 1 is 1.21 bits per heavy atom. The van der Waals surface area contributed by atoms with Gasteiger partial charge in [-0.25, -0.2) is 9.97 Å². The Labute approximate surface area is 173 Å². The summed E-state index contributed by atoms with van der Waals surface area (Å²) in [5.74, 6) is 1.68. The Morgan fingerprint density at radius 3 is 2.93 bits per heavy atom. The summed E-state index contributed by atoms with van der Waals surface area (Å²) in [4.78, 5) is 16.0. The highest BCUT2D eigenvalue weighted by Gasteiger charge is 2.19. The summed E-state index contributed by atoms with van der Waals surface area (Å²) >= 11 is 0. The largest absolute Gasteiger partial charge is 0.368 e. The summed E-state index contributed by atoms with van der Waals surface area (Å²) < 4.78 is 1.75. The van der Waals surface area contributed by atoms with Gasteiger partial charge in [-0.1, -0.05) is 13.3 Å². The van der Waals surface area contributed by atoms with Gasteiger partial charge in [0.05, 0.1) is 18.1 Å². The number of rotatable bonds is 9. The number of aryl methyl sites for hydroxylation is 1. The van der Waals surface area contributed by atoms with E-state index in [1.807, 2.05) is 7.05 Å². The molecule has 3 rings (SSSR count). The molecule has 3 N–H and O–H groups in total. The molecular formula is C20H35N9. The molecule has 9 heteroatoms. The average Bonchev–Trinajstić information content (AvgIpc) is 3.13. The van der Waals surface area contributed by atoms with Crippen molar-refractivity contribution in [2.45, 2.75) is 45.6 Å². The normalized spacial score (nSPS) is 18.2. The molecule has 0 spiro atoms. The van der Waals surface area contributed by atoms with E-state index in [-0.39, 0.29) is 0 Å². The molecule has 160 valence electrons. The Morgan fingerprint density at radius 2 is 2.10 bits per heavy atom. The quantitative estimate of drug-likeness (QED) is 0.334. The fourth-order valence-corrected chi connectivity index (χ4v) is 3.91. The second-order valence-corrected chi connectivity index (χ2v) is 7.44. The number of likely N-dealkylation sites (tertiary alicyclic amines) is 1. The van der Waals surface area contributed by atoms with Crippen LogP contribution in [0.3, 0.4) is 0 Å². The first-order valence-corrected chi connectivity index (χ1v) is 10.9. The average molecular weight is 402 g/mol. The molecule has 0 saturated carbocycles. The molecule has 0 bridgehead atoms. The van der Waals surface area contributed by atoms with E-state index >= 15 is 0 Å². The van der Waals surface area contributed by atoms with Crippen molar-refractivity contribution in [1.29, 1.82) is 0 Å². The van der Waals surface area contributed by atoms with Gasteiger partial charge in [0.2, 0.25) is 0 Å². The molecule has 0 aliphatic carbocycles. The van der Waals surface area contributed by atoms with Crippen LogP contribution in [0.25, 0.3) is 11.0 Å². The lowest BCUT2D eigenvalue weighted by atomic mass is 10.0. The predicted octanol–water partition coefficient (Wildman–Crippen LogP) is 1.59. The number of nitrogens with zero attached hydrogens (tertiary/aromatic N) is 6. The molecule has 0 aromatic carbocycles. The van der Waals surface area contributed by atoms with Crippen LogP contribution in [-0.2, 0) is 7.05 Å². The number of fused-ring (bicyclic) bond motifs is 1. The van der Waals surface area contributed by atoms with Gasteiger partial charge in [0.15, 0.2) is 11.6 Å². The summed E-state index contributed by atoms with van der Waals surface area (Å²) in [6.07, 6.45) is 8.61. The molecule has 1 aliphatic heterocycles. The monoisotopic (exact) mass is 401 g/mol. The Balaban J connectivity index is 1.45. The fraction of sp³-hybridized carbons (Fsp3) is 0.700. The third-order valence-corrected chi connectivity index (χ3v) is 5.46. The van der Waals surface area contributed by atoms with Crippen LogP contribution < -0.4 is 16.0 Å². The number of aliphatic imine (C=N–C) groups is 1. The second kappa shape index (κ2) is 10.9. The van der Waals surface area contributed by atoms with E-state index in [0.29, 0.717) is 0 Å². The number of hydrogen-bond donors (Lipinski definition) is 3. The van der Waals surface area contributed by atoms with Gasteiger partial charge < -0.3 is 16.0 Å². The van der Waals surface area contributed by atoms with Crippen LogP contribution in [-0.4, -0.2) is 75.9 Å². The molecule has 29 heavy (non-hydrogen) atoms. The topological polar surface area (TPSA) is 95.3 Å². The minimum absolute atomic E-state index is 0.732. The van der Waals surface area contributed by atoms with Gasteiger partial charge >= 0.3 is 0 Å². The zero-order chi connectivity index (χ0) is 20.5. The third-order valence-electron chi connectivity index (χ3n) is 5.46. The molecule has 1 unspecified atom stereocenters. The van der Waals surface area contributed by atoms with Crippen molar-refractivity contribution in [3.63, 3.8) is 0 Å². The zero-order valence-corrected chi connectivity index (χ0v) is 18.0. The Hall–Kier alpha value is -2.42.